The first-order chi connectivity index (χ1) is 12.3. The molecule has 0 bridgehead atoms. The summed E-state index contributed by atoms with van der Waals surface area (Å²) in [5.74, 6) is -0.686. The predicted octanol–water partition coefficient (Wildman–Crippen LogP) is 2.21. The molecule has 26 heavy (non-hydrogen) atoms. The molecule has 1 aromatic heterocycles. The zero-order valence-corrected chi connectivity index (χ0v) is 16.8. The van der Waals surface area contributed by atoms with Gasteiger partial charge in [0.05, 0.1) is 17.1 Å². The van der Waals surface area contributed by atoms with Crippen LogP contribution in [0.3, 0.4) is 0 Å². The van der Waals surface area contributed by atoms with Gasteiger partial charge < -0.3 is 9.64 Å². The molecule has 0 aromatic carbocycles. The Morgan fingerprint density at radius 1 is 1.35 bits per heavy atom. The van der Waals surface area contributed by atoms with Crippen molar-refractivity contribution in [3.8, 4) is 0 Å². The minimum absolute atomic E-state index is 0.00865. The van der Waals surface area contributed by atoms with E-state index in [4.69, 9.17) is 4.74 Å². The summed E-state index contributed by atoms with van der Waals surface area (Å²) < 4.78 is 28.8. The van der Waals surface area contributed by atoms with Crippen molar-refractivity contribution in [1.29, 1.82) is 0 Å². The Morgan fingerprint density at radius 3 is 2.73 bits per heavy atom. The number of fused-ring (bicyclic) bond motifs is 1. The lowest BCUT2D eigenvalue weighted by Gasteiger charge is -2.29. The van der Waals surface area contributed by atoms with Crippen molar-refractivity contribution in [2.24, 2.45) is 0 Å². The molecular formula is C18H25NO5S2. The second-order valence-corrected chi connectivity index (χ2v) is 10.2. The molecule has 1 fully saturated rings. The van der Waals surface area contributed by atoms with E-state index in [0.29, 0.717) is 18.5 Å². The first kappa shape index (κ1) is 19.4. The molecule has 0 N–H and O–H groups in total. The van der Waals surface area contributed by atoms with Gasteiger partial charge in [0.2, 0.25) is 0 Å². The van der Waals surface area contributed by atoms with Crippen molar-refractivity contribution < 1.29 is 22.7 Å². The van der Waals surface area contributed by atoms with Gasteiger partial charge >= 0.3 is 5.97 Å². The van der Waals surface area contributed by atoms with Crippen LogP contribution in [-0.2, 0) is 32.2 Å². The molecule has 1 aliphatic carbocycles. The molecule has 0 saturated carbocycles. The van der Waals surface area contributed by atoms with Gasteiger partial charge in [0.1, 0.15) is 0 Å². The molecule has 2 heterocycles. The molecule has 0 radical (unpaired) electrons. The van der Waals surface area contributed by atoms with Gasteiger partial charge in [0.15, 0.2) is 15.9 Å². The number of nitrogens with zero attached hydrogens (tertiary/aromatic N) is 1. The van der Waals surface area contributed by atoms with Crippen molar-refractivity contribution >= 4 is 33.1 Å². The van der Waals surface area contributed by atoms with Crippen LogP contribution in [0.4, 0.5) is 0 Å². The van der Waals surface area contributed by atoms with Crippen LogP contribution in [0.25, 0.3) is 0 Å². The molecule has 1 amide bonds. The average molecular weight is 400 g/mol. The fraction of sp³-hybridized carbons (Fsp3) is 0.667. The van der Waals surface area contributed by atoms with Crippen LogP contribution in [0.5, 0.6) is 0 Å². The molecule has 0 spiro atoms. The molecule has 1 aromatic rings. The molecule has 2 aliphatic rings. The number of sulfone groups is 1. The fourth-order valence-corrected chi connectivity index (χ4v) is 6.63. The largest absolute Gasteiger partial charge is 0.449 e. The summed E-state index contributed by atoms with van der Waals surface area (Å²) in [6.07, 6.45) is 3.62. The van der Waals surface area contributed by atoms with Crippen LogP contribution in [0.2, 0.25) is 0 Å². The van der Waals surface area contributed by atoms with E-state index in [1.54, 1.807) is 18.3 Å². The number of rotatable bonds is 5. The quantitative estimate of drug-likeness (QED) is 0.709. The maximum absolute atomic E-state index is 12.7. The number of likely N-dealkylation sites (N-methyl/N-ethyl adjacent to an activating group) is 1. The predicted molar refractivity (Wildman–Crippen MR) is 100 cm³/mol. The van der Waals surface area contributed by atoms with Gasteiger partial charge in [0, 0.05) is 22.8 Å². The maximum Gasteiger partial charge on any atom is 0.340 e. The Hall–Kier alpha value is -1.41. The number of aryl methyl sites for hydroxylation is 1. The summed E-state index contributed by atoms with van der Waals surface area (Å²) in [4.78, 5) is 28.0. The number of ether oxygens (including phenoxy) is 1. The van der Waals surface area contributed by atoms with E-state index in [2.05, 4.69) is 0 Å². The Kier molecular flexibility index (Phi) is 5.72. The lowest BCUT2D eigenvalue weighted by atomic mass is 9.96. The third-order valence-electron chi connectivity index (χ3n) is 5.19. The number of hydrogen-bond donors (Lipinski definition) is 0. The second-order valence-electron chi connectivity index (χ2n) is 6.99. The fourth-order valence-electron chi connectivity index (χ4n) is 3.79. The van der Waals surface area contributed by atoms with Crippen LogP contribution in [-0.4, -0.2) is 55.4 Å². The highest BCUT2D eigenvalue weighted by molar-refractivity contribution is 7.91. The topological polar surface area (TPSA) is 80.8 Å². The molecular weight excluding hydrogens is 374 g/mol. The van der Waals surface area contributed by atoms with Crippen molar-refractivity contribution in [3.05, 3.63) is 21.4 Å². The van der Waals surface area contributed by atoms with Crippen molar-refractivity contribution in [3.63, 3.8) is 0 Å². The number of thiophene rings is 1. The van der Waals surface area contributed by atoms with Gasteiger partial charge in [-0.05, 0) is 51.5 Å². The van der Waals surface area contributed by atoms with Gasteiger partial charge in [-0.1, -0.05) is 0 Å². The summed E-state index contributed by atoms with van der Waals surface area (Å²) in [5.41, 5.74) is 1.65. The van der Waals surface area contributed by atoms with Crippen molar-refractivity contribution in [2.45, 2.75) is 58.1 Å². The Labute approximate surface area is 158 Å². The van der Waals surface area contributed by atoms with Crippen LogP contribution in [0, 0.1) is 0 Å². The highest BCUT2D eigenvalue weighted by Gasteiger charge is 2.36. The maximum atomic E-state index is 12.7. The van der Waals surface area contributed by atoms with E-state index in [-0.39, 0.29) is 23.5 Å². The lowest BCUT2D eigenvalue weighted by Crippen LogP contribution is -2.46. The van der Waals surface area contributed by atoms with E-state index in [1.165, 1.54) is 9.78 Å². The first-order valence-electron chi connectivity index (χ1n) is 9.13. The third kappa shape index (κ3) is 3.96. The summed E-state index contributed by atoms with van der Waals surface area (Å²) in [7, 11) is -3.08. The normalized spacial score (nSPS) is 22.5. The van der Waals surface area contributed by atoms with E-state index >= 15 is 0 Å². The van der Waals surface area contributed by atoms with Crippen LogP contribution < -0.4 is 0 Å². The van der Waals surface area contributed by atoms with Gasteiger partial charge in [-0.25, -0.2) is 13.2 Å². The van der Waals surface area contributed by atoms with E-state index in [0.717, 1.165) is 31.2 Å². The average Bonchev–Trinajstić information content (AvgIpc) is 3.18. The third-order valence-corrected chi connectivity index (χ3v) is 8.02. The Morgan fingerprint density at radius 2 is 2.08 bits per heavy atom. The van der Waals surface area contributed by atoms with Gasteiger partial charge in [-0.2, -0.15) is 0 Å². The molecule has 3 rings (SSSR count). The number of carbonyl (C=O) groups excluding carboxylic acids is 2. The molecule has 2 atom stereocenters. The lowest BCUT2D eigenvalue weighted by molar-refractivity contribution is -0.141. The molecule has 144 valence electrons. The van der Waals surface area contributed by atoms with Gasteiger partial charge in [-0.15, -0.1) is 11.3 Å². The summed E-state index contributed by atoms with van der Waals surface area (Å²) >= 11 is 1.58. The Bertz CT molecular complexity index is 799. The van der Waals surface area contributed by atoms with Crippen LogP contribution in [0.1, 0.15) is 53.9 Å². The SMILES string of the molecule is CCN(C(=O)[C@H](C)OC(=O)c1csc2c1CCCC2)[C@@H]1CCS(=O)(=O)C1. The van der Waals surface area contributed by atoms with Gasteiger partial charge in [0.25, 0.3) is 5.91 Å². The smallest absolute Gasteiger partial charge is 0.340 e. The minimum atomic E-state index is -3.08. The Balaban J connectivity index is 1.66. The highest BCUT2D eigenvalue weighted by atomic mass is 32.2. The highest BCUT2D eigenvalue weighted by Crippen LogP contribution is 2.31. The number of esters is 1. The van der Waals surface area contributed by atoms with Gasteiger partial charge in [-0.3, -0.25) is 4.79 Å². The number of amides is 1. The zero-order chi connectivity index (χ0) is 18.9. The zero-order valence-electron chi connectivity index (χ0n) is 15.2. The first-order valence-corrected chi connectivity index (χ1v) is 11.8. The van der Waals surface area contributed by atoms with Crippen LogP contribution >= 0.6 is 11.3 Å². The molecule has 6 nitrogen and oxygen atoms in total. The molecule has 1 aliphatic heterocycles. The second kappa shape index (κ2) is 7.68. The molecule has 8 heteroatoms. The minimum Gasteiger partial charge on any atom is -0.449 e. The number of hydrogen-bond acceptors (Lipinski definition) is 6. The summed E-state index contributed by atoms with van der Waals surface area (Å²) in [6, 6.07) is -0.326. The summed E-state index contributed by atoms with van der Waals surface area (Å²) in [5, 5.41) is 1.83. The molecule has 0 unspecified atom stereocenters. The molecule has 1 saturated heterocycles. The van der Waals surface area contributed by atoms with Crippen LogP contribution in [0.15, 0.2) is 5.38 Å². The van der Waals surface area contributed by atoms with Crippen molar-refractivity contribution in [2.75, 3.05) is 18.1 Å². The monoisotopic (exact) mass is 399 g/mol. The van der Waals surface area contributed by atoms with E-state index < -0.39 is 21.9 Å². The van der Waals surface area contributed by atoms with Crippen molar-refractivity contribution in [1.82, 2.24) is 4.90 Å². The number of carbonyl (C=O) groups is 2. The van der Waals surface area contributed by atoms with E-state index in [1.807, 2.05) is 12.3 Å². The standard InChI is InChI=1S/C18H25NO5S2/c1-3-19(13-8-9-26(22,23)11-13)17(20)12(2)24-18(21)15-10-25-16-7-5-4-6-14(15)16/h10,12-13H,3-9,11H2,1-2H3/t12-,13+/m0/s1. The van der Waals surface area contributed by atoms with E-state index in [9.17, 15) is 18.0 Å². The summed E-state index contributed by atoms with van der Waals surface area (Å²) in [6.45, 7) is 3.77.